The van der Waals surface area contributed by atoms with Crippen molar-refractivity contribution in [3.05, 3.63) is 18.2 Å². The summed E-state index contributed by atoms with van der Waals surface area (Å²) in [5.74, 6) is 1.65. The molecule has 0 amide bonds. The van der Waals surface area contributed by atoms with E-state index in [0.717, 1.165) is 11.5 Å². The maximum atomic E-state index is 5.79. The quantitative estimate of drug-likeness (QED) is 0.761. The number of nitrogens with one attached hydrogen (secondary N) is 1. The van der Waals surface area contributed by atoms with Crippen LogP contribution in [0.4, 0.5) is 17.5 Å². The van der Waals surface area contributed by atoms with Crippen LogP contribution in [0.1, 0.15) is 25.7 Å². The molecule has 3 heterocycles. The minimum absolute atomic E-state index is 0.212. The molecule has 0 spiro atoms. The van der Waals surface area contributed by atoms with Gasteiger partial charge in [-0.2, -0.15) is 15.1 Å². The Bertz CT molecular complexity index is 798. The highest BCUT2D eigenvalue weighted by Gasteiger charge is 2.14. The van der Waals surface area contributed by atoms with Crippen molar-refractivity contribution >= 4 is 28.6 Å². The first-order valence-electron chi connectivity index (χ1n) is 6.73. The van der Waals surface area contributed by atoms with Gasteiger partial charge in [0.2, 0.25) is 5.95 Å². The second-order valence-corrected chi connectivity index (χ2v) is 5.25. The van der Waals surface area contributed by atoms with E-state index in [2.05, 4.69) is 39.2 Å². The van der Waals surface area contributed by atoms with Gasteiger partial charge in [-0.15, -0.1) is 0 Å². The highest BCUT2D eigenvalue weighted by atomic mass is 15.3. The molecule has 0 fully saturated rings. The SMILES string of the molecule is Cc1nc2c(Nc3cnn(C(C)C)c3)nc(N)nc2n1C. The van der Waals surface area contributed by atoms with Crippen LogP contribution in [0, 0.1) is 6.92 Å². The van der Waals surface area contributed by atoms with Crippen LogP contribution in [0.25, 0.3) is 11.2 Å². The zero-order chi connectivity index (χ0) is 15.1. The number of hydrogen-bond acceptors (Lipinski definition) is 6. The summed E-state index contributed by atoms with van der Waals surface area (Å²) in [7, 11) is 1.90. The number of nitrogens with zero attached hydrogens (tertiary/aromatic N) is 6. The Hall–Kier alpha value is -2.64. The molecule has 0 unspecified atom stereocenters. The largest absolute Gasteiger partial charge is 0.368 e. The number of nitrogens with two attached hydrogens (primary N) is 1. The Morgan fingerprint density at radius 1 is 1.24 bits per heavy atom. The predicted octanol–water partition coefficient (Wildman–Crippen LogP) is 1.77. The zero-order valence-corrected chi connectivity index (χ0v) is 12.5. The van der Waals surface area contributed by atoms with Crippen LogP contribution >= 0.6 is 0 Å². The lowest BCUT2D eigenvalue weighted by Gasteiger charge is -2.05. The van der Waals surface area contributed by atoms with Gasteiger partial charge in [-0.3, -0.25) is 4.68 Å². The van der Waals surface area contributed by atoms with Crippen LogP contribution in [-0.4, -0.2) is 29.3 Å². The van der Waals surface area contributed by atoms with Crippen LogP contribution < -0.4 is 11.1 Å². The Morgan fingerprint density at radius 2 is 2.00 bits per heavy atom. The molecule has 3 rings (SSSR count). The highest BCUT2D eigenvalue weighted by molar-refractivity contribution is 5.86. The van der Waals surface area contributed by atoms with E-state index in [-0.39, 0.29) is 5.95 Å². The summed E-state index contributed by atoms with van der Waals surface area (Å²) in [4.78, 5) is 13.0. The van der Waals surface area contributed by atoms with Gasteiger partial charge in [0.15, 0.2) is 17.0 Å². The fourth-order valence-electron chi connectivity index (χ4n) is 2.10. The monoisotopic (exact) mass is 286 g/mol. The summed E-state index contributed by atoms with van der Waals surface area (Å²) in [5, 5.41) is 7.50. The minimum Gasteiger partial charge on any atom is -0.368 e. The van der Waals surface area contributed by atoms with E-state index < -0.39 is 0 Å². The van der Waals surface area contributed by atoms with Crippen molar-refractivity contribution < 1.29 is 0 Å². The lowest BCUT2D eigenvalue weighted by atomic mass is 10.4. The molecule has 8 nitrogen and oxygen atoms in total. The molecule has 0 saturated carbocycles. The third-order valence-corrected chi connectivity index (χ3v) is 3.35. The van der Waals surface area contributed by atoms with Crippen molar-refractivity contribution in [2.45, 2.75) is 26.8 Å². The summed E-state index contributed by atoms with van der Waals surface area (Å²) in [5.41, 5.74) is 8.03. The molecule has 0 atom stereocenters. The summed E-state index contributed by atoms with van der Waals surface area (Å²) < 4.78 is 3.75. The fourth-order valence-corrected chi connectivity index (χ4v) is 2.10. The Kier molecular flexibility index (Phi) is 3.00. The molecule has 3 aromatic heterocycles. The first kappa shape index (κ1) is 13.3. The van der Waals surface area contributed by atoms with Gasteiger partial charge < -0.3 is 15.6 Å². The van der Waals surface area contributed by atoms with Crippen molar-refractivity contribution in [3.8, 4) is 0 Å². The van der Waals surface area contributed by atoms with Crippen LogP contribution in [0.5, 0.6) is 0 Å². The molecule has 8 heteroatoms. The first-order chi connectivity index (χ1) is 9.95. The van der Waals surface area contributed by atoms with Gasteiger partial charge >= 0.3 is 0 Å². The lowest BCUT2D eigenvalue weighted by Crippen LogP contribution is -2.03. The molecule has 0 aliphatic heterocycles. The molecule has 0 saturated heterocycles. The Morgan fingerprint density at radius 3 is 2.67 bits per heavy atom. The standard InChI is InChI=1S/C13H18N8/c1-7(2)21-6-9(5-15-21)17-11-10-12(19-13(14)18-11)20(4)8(3)16-10/h5-7H,1-4H3,(H3,14,17,18,19). The van der Waals surface area contributed by atoms with Crippen LogP contribution in [0.3, 0.4) is 0 Å². The Balaban J connectivity index is 2.05. The van der Waals surface area contributed by atoms with E-state index in [1.165, 1.54) is 0 Å². The topological polar surface area (TPSA) is 99.5 Å². The van der Waals surface area contributed by atoms with Gasteiger partial charge in [0, 0.05) is 19.3 Å². The van der Waals surface area contributed by atoms with Gasteiger partial charge in [0.1, 0.15) is 5.82 Å². The van der Waals surface area contributed by atoms with E-state index in [1.54, 1.807) is 6.20 Å². The molecule has 0 aromatic carbocycles. The number of aromatic nitrogens is 6. The van der Waals surface area contributed by atoms with Crippen LogP contribution in [0.2, 0.25) is 0 Å². The second kappa shape index (κ2) is 4.72. The predicted molar refractivity (Wildman–Crippen MR) is 81.3 cm³/mol. The number of rotatable bonds is 3. The van der Waals surface area contributed by atoms with Crippen molar-refractivity contribution in [1.82, 2.24) is 29.3 Å². The second-order valence-electron chi connectivity index (χ2n) is 5.25. The molecular formula is C13H18N8. The van der Waals surface area contributed by atoms with E-state index in [1.807, 2.05) is 29.4 Å². The third-order valence-electron chi connectivity index (χ3n) is 3.35. The van der Waals surface area contributed by atoms with Gasteiger partial charge in [-0.05, 0) is 20.8 Å². The molecule has 0 aliphatic carbocycles. The number of aryl methyl sites for hydroxylation is 2. The average molecular weight is 286 g/mol. The van der Waals surface area contributed by atoms with Gasteiger partial charge in [-0.25, -0.2) is 4.98 Å². The van der Waals surface area contributed by atoms with Gasteiger partial charge in [0.05, 0.1) is 11.9 Å². The first-order valence-corrected chi connectivity index (χ1v) is 6.73. The summed E-state index contributed by atoms with van der Waals surface area (Å²) in [6, 6.07) is 0.299. The Labute approximate surface area is 122 Å². The highest BCUT2D eigenvalue weighted by Crippen LogP contribution is 2.24. The van der Waals surface area contributed by atoms with E-state index in [4.69, 9.17) is 5.73 Å². The molecule has 3 aromatic rings. The summed E-state index contributed by atoms with van der Waals surface area (Å²) in [6.07, 6.45) is 3.67. The van der Waals surface area contributed by atoms with Crippen molar-refractivity contribution in [3.63, 3.8) is 0 Å². The molecule has 0 bridgehead atoms. The maximum absolute atomic E-state index is 5.79. The average Bonchev–Trinajstić information content (AvgIpc) is 2.98. The van der Waals surface area contributed by atoms with E-state index >= 15 is 0 Å². The van der Waals surface area contributed by atoms with Gasteiger partial charge in [0.25, 0.3) is 0 Å². The number of fused-ring (bicyclic) bond motifs is 1. The van der Waals surface area contributed by atoms with Crippen molar-refractivity contribution in [2.24, 2.45) is 7.05 Å². The molecule has 21 heavy (non-hydrogen) atoms. The third kappa shape index (κ3) is 2.28. The lowest BCUT2D eigenvalue weighted by molar-refractivity contribution is 0.532. The smallest absolute Gasteiger partial charge is 0.224 e. The summed E-state index contributed by atoms with van der Waals surface area (Å²) >= 11 is 0. The maximum Gasteiger partial charge on any atom is 0.224 e. The van der Waals surface area contributed by atoms with Crippen LogP contribution in [0.15, 0.2) is 12.4 Å². The van der Waals surface area contributed by atoms with Gasteiger partial charge in [-0.1, -0.05) is 0 Å². The number of anilines is 3. The van der Waals surface area contributed by atoms with E-state index in [0.29, 0.717) is 23.0 Å². The molecule has 0 radical (unpaired) electrons. The molecule has 0 aliphatic rings. The normalized spacial score (nSPS) is 11.5. The molecular weight excluding hydrogens is 268 g/mol. The number of hydrogen-bond donors (Lipinski definition) is 2. The molecule has 110 valence electrons. The van der Waals surface area contributed by atoms with E-state index in [9.17, 15) is 0 Å². The van der Waals surface area contributed by atoms with Crippen molar-refractivity contribution in [1.29, 1.82) is 0 Å². The number of nitrogen functional groups attached to an aromatic ring is 1. The fraction of sp³-hybridized carbons (Fsp3) is 0.385. The minimum atomic E-state index is 0.212. The van der Waals surface area contributed by atoms with Crippen molar-refractivity contribution in [2.75, 3.05) is 11.1 Å². The number of imidazole rings is 1. The zero-order valence-electron chi connectivity index (χ0n) is 12.5. The van der Waals surface area contributed by atoms with Crippen LogP contribution in [-0.2, 0) is 7.05 Å². The summed E-state index contributed by atoms with van der Waals surface area (Å²) in [6.45, 7) is 6.05. The molecule has 3 N–H and O–H groups in total.